The molecule has 1 aliphatic heterocycles. The molecule has 0 fully saturated rings. The van der Waals surface area contributed by atoms with Crippen molar-refractivity contribution in [1.29, 1.82) is 0 Å². The van der Waals surface area contributed by atoms with Crippen LogP contribution in [0.25, 0.3) is 0 Å². The summed E-state index contributed by atoms with van der Waals surface area (Å²) in [5.41, 5.74) is 6.20. The van der Waals surface area contributed by atoms with E-state index in [0.717, 1.165) is 30.8 Å². The van der Waals surface area contributed by atoms with Crippen LogP contribution in [0.1, 0.15) is 33.5 Å². The van der Waals surface area contributed by atoms with E-state index in [9.17, 15) is 4.79 Å². The van der Waals surface area contributed by atoms with Crippen LogP contribution in [0.4, 0.5) is 11.4 Å². The number of rotatable bonds is 4. The Kier molecular flexibility index (Phi) is 5.36. The molecule has 1 N–H and O–H groups in total. The van der Waals surface area contributed by atoms with Gasteiger partial charge in [-0.05, 0) is 66.8 Å². The van der Waals surface area contributed by atoms with Gasteiger partial charge in [0.15, 0.2) is 0 Å². The molecule has 0 aliphatic carbocycles. The topological polar surface area (TPSA) is 32.3 Å². The molecule has 3 nitrogen and oxygen atoms in total. The average Bonchev–Trinajstić information content (AvgIpc) is 2.72. The standard InChI is InChI=1S/C24H23ClN2O/c1-17-21(25)8-4-9-22(17)26-24(28)20-13-11-18(12-14-20)16-27-15-5-7-19-6-2-3-10-23(19)27/h2-4,6,8-14H,5,7,15-16H2,1H3,(H,26,28). The number of halogens is 1. The summed E-state index contributed by atoms with van der Waals surface area (Å²) < 4.78 is 0. The molecule has 0 saturated heterocycles. The van der Waals surface area contributed by atoms with E-state index in [4.69, 9.17) is 11.6 Å². The van der Waals surface area contributed by atoms with Crippen LogP contribution in [0.15, 0.2) is 66.7 Å². The van der Waals surface area contributed by atoms with Gasteiger partial charge in [0.05, 0.1) is 0 Å². The second kappa shape index (κ2) is 8.07. The molecule has 4 rings (SSSR count). The van der Waals surface area contributed by atoms with Gasteiger partial charge in [-0.3, -0.25) is 4.79 Å². The molecule has 1 aliphatic rings. The van der Waals surface area contributed by atoms with E-state index in [2.05, 4.69) is 34.5 Å². The molecule has 4 heteroatoms. The number of hydrogen-bond donors (Lipinski definition) is 1. The van der Waals surface area contributed by atoms with E-state index >= 15 is 0 Å². The van der Waals surface area contributed by atoms with E-state index in [1.807, 2.05) is 49.4 Å². The maximum atomic E-state index is 12.6. The summed E-state index contributed by atoms with van der Waals surface area (Å²) >= 11 is 6.14. The molecular formula is C24H23ClN2O. The summed E-state index contributed by atoms with van der Waals surface area (Å²) in [4.78, 5) is 15.0. The predicted octanol–water partition coefficient (Wildman–Crippen LogP) is 5.85. The number of carbonyl (C=O) groups is 1. The molecule has 0 atom stereocenters. The minimum absolute atomic E-state index is 0.125. The van der Waals surface area contributed by atoms with Gasteiger partial charge in [0.2, 0.25) is 0 Å². The van der Waals surface area contributed by atoms with Crippen molar-refractivity contribution in [3.63, 3.8) is 0 Å². The van der Waals surface area contributed by atoms with Crippen molar-refractivity contribution in [3.8, 4) is 0 Å². The van der Waals surface area contributed by atoms with E-state index in [0.29, 0.717) is 10.6 Å². The number of benzene rings is 3. The monoisotopic (exact) mass is 390 g/mol. The maximum absolute atomic E-state index is 12.6. The van der Waals surface area contributed by atoms with E-state index in [-0.39, 0.29) is 5.91 Å². The van der Waals surface area contributed by atoms with Crippen molar-refractivity contribution < 1.29 is 4.79 Å². The lowest BCUT2D eigenvalue weighted by Crippen LogP contribution is -2.28. The van der Waals surface area contributed by atoms with Gasteiger partial charge >= 0.3 is 0 Å². The number of hydrogen-bond acceptors (Lipinski definition) is 2. The number of fused-ring (bicyclic) bond motifs is 1. The normalized spacial score (nSPS) is 13.1. The Bertz CT molecular complexity index is 998. The van der Waals surface area contributed by atoms with Crippen LogP contribution >= 0.6 is 11.6 Å². The fourth-order valence-electron chi connectivity index (χ4n) is 3.70. The smallest absolute Gasteiger partial charge is 0.255 e. The van der Waals surface area contributed by atoms with Gasteiger partial charge in [0.25, 0.3) is 5.91 Å². The Balaban J connectivity index is 1.46. The minimum atomic E-state index is -0.125. The number of amides is 1. The molecule has 1 amide bonds. The molecule has 3 aromatic carbocycles. The number of aryl methyl sites for hydroxylation is 1. The number of nitrogens with zero attached hydrogens (tertiary/aromatic N) is 1. The first kappa shape index (κ1) is 18.6. The van der Waals surface area contributed by atoms with Gasteiger partial charge in [0, 0.05) is 35.1 Å². The molecular weight excluding hydrogens is 368 g/mol. The highest BCUT2D eigenvalue weighted by atomic mass is 35.5. The van der Waals surface area contributed by atoms with Crippen LogP contribution < -0.4 is 10.2 Å². The summed E-state index contributed by atoms with van der Waals surface area (Å²) in [6.07, 6.45) is 2.32. The van der Waals surface area contributed by atoms with Gasteiger partial charge in [-0.2, -0.15) is 0 Å². The van der Waals surface area contributed by atoms with Crippen LogP contribution in [0.2, 0.25) is 5.02 Å². The van der Waals surface area contributed by atoms with Gasteiger partial charge in [-0.1, -0.05) is 48.0 Å². The highest BCUT2D eigenvalue weighted by Gasteiger charge is 2.16. The van der Waals surface area contributed by atoms with Crippen molar-refractivity contribution in [1.82, 2.24) is 0 Å². The molecule has 28 heavy (non-hydrogen) atoms. The van der Waals surface area contributed by atoms with Crippen LogP contribution in [-0.2, 0) is 13.0 Å². The van der Waals surface area contributed by atoms with Gasteiger partial charge in [0.1, 0.15) is 0 Å². The summed E-state index contributed by atoms with van der Waals surface area (Å²) in [5.74, 6) is -0.125. The minimum Gasteiger partial charge on any atom is -0.367 e. The van der Waals surface area contributed by atoms with E-state index < -0.39 is 0 Å². The first-order valence-corrected chi connectivity index (χ1v) is 9.98. The fourth-order valence-corrected chi connectivity index (χ4v) is 3.87. The molecule has 0 bridgehead atoms. The Morgan fingerprint density at radius 1 is 1.04 bits per heavy atom. The second-order valence-corrected chi connectivity index (χ2v) is 7.62. The van der Waals surface area contributed by atoms with E-state index in [1.54, 1.807) is 0 Å². The Morgan fingerprint density at radius 2 is 1.82 bits per heavy atom. The third-order valence-electron chi connectivity index (χ3n) is 5.31. The Morgan fingerprint density at radius 3 is 2.64 bits per heavy atom. The van der Waals surface area contributed by atoms with E-state index in [1.165, 1.54) is 23.2 Å². The zero-order chi connectivity index (χ0) is 19.5. The Hall–Kier alpha value is -2.78. The highest BCUT2D eigenvalue weighted by Crippen LogP contribution is 2.28. The zero-order valence-corrected chi connectivity index (χ0v) is 16.7. The first-order valence-electron chi connectivity index (χ1n) is 9.60. The average molecular weight is 391 g/mol. The van der Waals surface area contributed by atoms with Crippen molar-refractivity contribution in [2.24, 2.45) is 0 Å². The molecule has 0 saturated carbocycles. The predicted molar refractivity (Wildman–Crippen MR) is 116 cm³/mol. The van der Waals surface area contributed by atoms with Crippen LogP contribution in [0, 0.1) is 6.92 Å². The maximum Gasteiger partial charge on any atom is 0.255 e. The molecule has 0 unspecified atom stereocenters. The summed E-state index contributed by atoms with van der Waals surface area (Å²) in [7, 11) is 0. The van der Waals surface area contributed by atoms with Crippen LogP contribution in [-0.4, -0.2) is 12.5 Å². The van der Waals surface area contributed by atoms with Crippen molar-refractivity contribution in [2.45, 2.75) is 26.3 Å². The molecule has 0 aromatic heterocycles. The third-order valence-corrected chi connectivity index (χ3v) is 5.72. The lowest BCUT2D eigenvalue weighted by Gasteiger charge is -2.31. The summed E-state index contributed by atoms with van der Waals surface area (Å²) in [6, 6.07) is 22.0. The first-order chi connectivity index (χ1) is 13.6. The lowest BCUT2D eigenvalue weighted by atomic mass is 10.0. The largest absolute Gasteiger partial charge is 0.367 e. The second-order valence-electron chi connectivity index (χ2n) is 7.22. The number of nitrogens with one attached hydrogen (secondary N) is 1. The molecule has 3 aromatic rings. The molecule has 1 heterocycles. The van der Waals surface area contributed by atoms with Crippen molar-refractivity contribution in [3.05, 3.63) is 94.0 Å². The van der Waals surface area contributed by atoms with Crippen molar-refractivity contribution in [2.75, 3.05) is 16.8 Å². The van der Waals surface area contributed by atoms with Crippen molar-refractivity contribution >= 4 is 28.9 Å². The number of para-hydroxylation sites is 1. The molecule has 0 radical (unpaired) electrons. The third kappa shape index (κ3) is 3.90. The van der Waals surface area contributed by atoms with Crippen LogP contribution in [0.5, 0.6) is 0 Å². The Labute approximate surface area is 171 Å². The lowest BCUT2D eigenvalue weighted by molar-refractivity contribution is 0.102. The van der Waals surface area contributed by atoms with Gasteiger partial charge in [-0.15, -0.1) is 0 Å². The summed E-state index contributed by atoms with van der Waals surface area (Å²) in [5, 5.41) is 3.60. The number of anilines is 2. The summed E-state index contributed by atoms with van der Waals surface area (Å²) in [6.45, 7) is 3.82. The van der Waals surface area contributed by atoms with Gasteiger partial charge in [-0.25, -0.2) is 0 Å². The quantitative estimate of drug-likeness (QED) is 0.605. The highest BCUT2D eigenvalue weighted by molar-refractivity contribution is 6.31. The molecule has 0 spiro atoms. The molecule has 142 valence electrons. The van der Waals surface area contributed by atoms with Crippen LogP contribution in [0.3, 0.4) is 0 Å². The SMILES string of the molecule is Cc1c(Cl)cccc1NC(=O)c1ccc(CN2CCCc3ccccc32)cc1. The number of carbonyl (C=O) groups excluding carboxylic acids is 1. The van der Waals surface area contributed by atoms with Gasteiger partial charge < -0.3 is 10.2 Å². The zero-order valence-electron chi connectivity index (χ0n) is 15.9. The fraction of sp³-hybridized carbons (Fsp3) is 0.208.